The summed E-state index contributed by atoms with van der Waals surface area (Å²) in [6.45, 7) is 3.33. The highest BCUT2D eigenvalue weighted by molar-refractivity contribution is 5.54. The lowest BCUT2D eigenvalue weighted by molar-refractivity contribution is 0.173. The Morgan fingerprint density at radius 1 is 1.04 bits per heavy atom. The molecule has 142 valence electrons. The molecule has 3 aliphatic rings. The monoisotopic (exact) mass is 365 g/mol. The Labute approximate surface area is 161 Å². The molecule has 2 heterocycles. The van der Waals surface area contributed by atoms with Gasteiger partial charge < -0.3 is 19.1 Å². The first-order chi connectivity index (χ1) is 13.3. The van der Waals surface area contributed by atoms with E-state index >= 15 is 0 Å². The van der Waals surface area contributed by atoms with Crippen molar-refractivity contribution in [1.29, 1.82) is 0 Å². The van der Waals surface area contributed by atoms with E-state index in [4.69, 9.17) is 14.2 Å². The van der Waals surface area contributed by atoms with Crippen LogP contribution in [0.5, 0.6) is 17.2 Å². The zero-order valence-electron chi connectivity index (χ0n) is 16.0. The Bertz CT molecular complexity index is 848. The van der Waals surface area contributed by atoms with Gasteiger partial charge in [-0.05, 0) is 61.4 Å². The maximum atomic E-state index is 5.86. The summed E-state index contributed by atoms with van der Waals surface area (Å²) in [5.41, 5.74) is 5.56. The van der Waals surface area contributed by atoms with Crippen LogP contribution in [0, 0.1) is 0 Å². The van der Waals surface area contributed by atoms with Crippen LogP contribution in [0.4, 0.5) is 0 Å². The first-order valence-electron chi connectivity index (χ1n) is 10.1. The molecule has 1 aliphatic carbocycles. The van der Waals surface area contributed by atoms with Crippen LogP contribution in [0.25, 0.3) is 0 Å². The summed E-state index contributed by atoms with van der Waals surface area (Å²) >= 11 is 0. The molecule has 0 amide bonds. The highest BCUT2D eigenvalue weighted by Crippen LogP contribution is 2.44. The topological polar surface area (TPSA) is 30.9 Å². The van der Waals surface area contributed by atoms with Crippen LogP contribution in [-0.4, -0.2) is 38.4 Å². The van der Waals surface area contributed by atoms with E-state index in [1.165, 1.54) is 35.1 Å². The Balaban J connectivity index is 1.26. The highest BCUT2D eigenvalue weighted by atomic mass is 16.7. The maximum Gasteiger partial charge on any atom is 0.231 e. The van der Waals surface area contributed by atoms with Crippen LogP contribution in [0.2, 0.25) is 0 Å². The summed E-state index contributed by atoms with van der Waals surface area (Å²) < 4.78 is 17.2. The molecule has 0 spiro atoms. The molecule has 27 heavy (non-hydrogen) atoms. The molecule has 2 aliphatic heterocycles. The van der Waals surface area contributed by atoms with Gasteiger partial charge in [-0.2, -0.15) is 0 Å². The first kappa shape index (κ1) is 16.9. The SMILES string of the molecule is CN(CCc1cccc2c1OCC2)C[C@@H]1CCCc2c1ccc1c2OCO1. The van der Waals surface area contributed by atoms with E-state index in [1.54, 1.807) is 0 Å². The Morgan fingerprint density at radius 2 is 2.00 bits per heavy atom. The van der Waals surface area contributed by atoms with Crippen molar-refractivity contribution in [2.24, 2.45) is 0 Å². The molecule has 5 rings (SSSR count). The van der Waals surface area contributed by atoms with E-state index in [1.807, 2.05) is 0 Å². The van der Waals surface area contributed by atoms with Gasteiger partial charge in [-0.1, -0.05) is 24.3 Å². The van der Waals surface area contributed by atoms with Crippen LogP contribution in [0.3, 0.4) is 0 Å². The average Bonchev–Trinajstić information content (AvgIpc) is 3.35. The van der Waals surface area contributed by atoms with Crippen LogP contribution in [-0.2, 0) is 19.3 Å². The molecular formula is C23H27NO3. The van der Waals surface area contributed by atoms with Crippen molar-refractivity contribution in [3.8, 4) is 17.2 Å². The predicted molar refractivity (Wildman–Crippen MR) is 105 cm³/mol. The van der Waals surface area contributed by atoms with Gasteiger partial charge in [-0.25, -0.2) is 0 Å². The molecule has 2 aromatic rings. The minimum Gasteiger partial charge on any atom is -0.493 e. The lowest BCUT2D eigenvalue weighted by Crippen LogP contribution is -2.28. The molecule has 0 N–H and O–H groups in total. The molecule has 1 atom stereocenters. The van der Waals surface area contributed by atoms with Crippen molar-refractivity contribution in [2.75, 3.05) is 33.5 Å². The van der Waals surface area contributed by atoms with Gasteiger partial charge in [0.25, 0.3) is 0 Å². The number of fused-ring (bicyclic) bond motifs is 4. The number of benzene rings is 2. The number of likely N-dealkylation sites (N-methyl/N-ethyl adjacent to an activating group) is 1. The van der Waals surface area contributed by atoms with E-state index in [-0.39, 0.29) is 0 Å². The number of hydrogen-bond donors (Lipinski definition) is 0. The zero-order chi connectivity index (χ0) is 18.2. The summed E-state index contributed by atoms with van der Waals surface area (Å²) in [7, 11) is 2.24. The molecule has 4 heteroatoms. The second-order valence-corrected chi connectivity index (χ2v) is 7.97. The van der Waals surface area contributed by atoms with E-state index in [9.17, 15) is 0 Å². The number of hydrogen-bond acceptors (Lipinski definition) is 4. The fourth-order valence-electron chi connectivity index (χ4n) is 4.82. The van der Waals surface area contributed by atoms with Crippen molar-refractivity contribution in [1.82, 2.24) is 4.90 Å². The van der Waals surface area contributed by atoms with Gasteiger partial charge in [-0.15, -0.1) is 0 Å². The zero-order valence-corrected chi connectivity index (χ0v) is 16.0. The summed E-state index contributed by atoms with van der Waals surface area (Å²) in [5.74, 6) is 3.63. The largest absolute Gasteiger partial charge is 0.493 e. The van der Waals surface area contributed by atoms with Crippen LogP contribution >= 0.6 is 0 Å². The third-order valence-corrected chi connectivity index (χ3v) is 6.19. The molecule has 2 aromatic carbocycles. The van der Waals surface area contributed by atoms with Gasteiger partial charge in [-0.3, -0.25) is 0 Å². The van der Waals surface area contributed by atoms with Gasteiger partial charge in [0.05, 0.1) is 6.61 Å². The van der Waals surface area contributed by atoms with Crippen LogP contribution < -0.4 is 14.2 Å². The molecule has 0 fully saturated rings. The standard InChI is InChI=1S/C23H27NO3/c1-24(12-10-16-4-2-5-17-11-13-25-22(16)17)14-18-6-3-7-20-19(18)8-9-21-23(20)27-15-26-21/h2,4-5,8-9,18H,3,6-7,10-15H2,1H3/t18-/m0/s1. The number of ether oxygens (including phenoxy) is 3. The fraction of sp³-hybridized carbons (Fsp3) is 0.478. The van der Waals surface area contributed by atoms with E-state index in [2.05, 4.69) is 42.3 Å². The van der Waals surface area contributed by atoms with Gasteiger partial charge in [0.15, 0.2) is 11.5 Å². The molecular weight excluding hydrogens is 338 g/mol. The number of para-hydroxylation sites is 1. The molecule has 0 saturated heterocycles. The minimum atomic E-state index is 0.361. The third kappa shape index (κ3) is 3.16. The van der Waals surface area contributed by atoms with Gasteiger partial charge in [0.1, 0.15) is 5.75 Å². The second kappa shape index (κ2) is 7.08. The molecule has 0 aromatic heterocycles. The third-order valence-electron chi connectivity index (χ3n) is 6.19. The van der Waals surface area contributed by atoms with Crippen molar-refractivity contribution in [3.05, 3.63) is 52.6 Å². The van der Waals surface area contributed by atoms with Crippen LogP contribution in [0.15, 0.2) is 30.3 Å². The van der Waals surface area contributed by atoms with Crippen molar-refractivity contribution in [2.45, 2.75) is 38.0 Å². The summed E-state index contributed by atoms with van der Waals surface area (Å²) in [6.07, 6.45) is 5.68. The molecule has 4 nitrogen and oxygen atoms in total. The van der Waals surface area contributed by atoms with Crippen LogP contribution in [0.1, 0.15) is 41.0 Å². The lowest BCUT2D eigenvalue weighted by Gasteiger charge is -2.30. The van der Waals surface area contributed by atoms with E-state index < -0.39 is 0 Å². The maximum absolute atomic E-state index is 5.86. The summed E-state index contributed by atoms with van der Waals surface area (Å²) in [5, 5.41) is 0. The van der Waals surface area contributed by atoms with E-state index in [0.717, 1.165) is 56.2 Å². The summed E-state index contributed by atoms with van der Waals surface area (Å²) in [4.78, 5) is 2.47. The number of rotatable bonds is 5. The Hall–Kier alpha value is -2.20. The highest BCUT2D eigenvalue weighted by Gasteiger charge is 2.28. The van der Waals surface area contributed by atoms with Crippen molar-refractivity contribution in [3.63, 3.8) is 0 Å². The first-order valence-corrected chi connectivity index (χ1v) is 10.1. The normalized spacial score (nSPS) is 19.7. The quantitative estimate of drug-likeness (QED) is 0.803. The molecule has 0 saturated carbocycles. The lowest BCUT2D eigenvalue weighted by atomic mass is 9.82. The Morgan fingerprint density at radius 3 is 2.96 bits per heavy atom. The van der Waals surface area contributed by atoms with Gasteiger partial charge in [0.2, 0.25) is 6.79 Å². The smallest absolute Gasteiger partial charge is 0.231 e. The van der Waals surface area contributed by atoms with Gasteiger partial charge in [0, 0.05) is 25.1 Å². The second-order valence-electron chi connectivity index (χ2n) is 7.97. The molecule has 0 bridgehead atoms. The van der Waals surface area contributed by atoms with Crippen molar-refractivity contribution < 1.29 is 14.2 Å². The molecule has 0 radical (unpaired) electrons. The van der Waals surface area contributed by atoms with Crippen molar-refractivity contribution >= 4 is 0 Å². The Kier molecular flexibility index (Phi) is 4.44. The summed E-state index contributed by atoms with van der Waals surface area (Å²) in [6, 6.07) is 10.9. The fourth-order valence-corrected chi connectivity index (χ4v) is 4.82. The predicted octanol–water partition coefficient (Wildman–Crippen LogP) is 3.94. The average molecular weight is 365 g/mol. The minimum absolute atomic E-state index is 0.361. The number of nitrogens with zero attached hydrogens (tertiary/aromatic N) is 1. The van der Waals surface area contributed by atoms with Gasteiger partial charge >= 0.3 is 0 Å². The molecule has 0 unspecified atom stereocenters. The van der Waals surface area contributed by atoms with E-state index in [0.29, 0.717) is 12.7 Å².